The molecule has 0 aromatic carbocycles. The maximum absolute atomic E-state index is 11.4. The summed E-state index contributed by atoms with van der Waals surface area (Å²) in [6, 6.07) is 3.92. The smallest absolute Gasteiger partial charge is 0.309 e. The Morgan fingerprint density at radius 3 is 2.93 bits per heavy atom. The number of hydrogen-bond acceptors (Lipinski definition) is 3. The summed E-state index contributed by atoms with van der Waals surface area (Å²) in [5.41, 5.74) is 1.19. The number of nitrogens with zero attached hydrogens (tertiary/aromatic N) is 1. The van der Waals surface area contributed by atoms with Crippen LogP contribution in [0.3, 0.4) is 0 Å². The van der Waals surface area contributed by atoms with Crippen LogP contribution in [-0.4, -0.2) is 17.6 Å². The van der Waals surface area contributed by atoms with Crippen molar-refractivity contribution in [2.45, 2.75) is 19.3 Å². The number of carbonyl (C=O) groups is 1. The fourth-order valence-corrected chi connectivity index (χ4v) is 1.68. The van der Waals surface area contributed by atoms with E-state index in [0.717, 1.165) is 6.42 Å². The Morgan fingerprint density at radius 2 is 2.29 bits per heavy atom. The lowest BCUT2D eigenvalue weighted by Gasteiger charge is -2.00. The van der Waals surface area contributed by atoms with Crippen molar-refractivity contribution in [3.8, 4) is 0 Å². The first-order valence-corrected chi connectivity index (χ1v) is 4.89. The molecule has 2 unspecified atom stereocenters. The van der Waals surface area contributed by atoms with Crippen LogP contribution in [0.15, 0.2) is 24.5 Å². The van der Waals surface area contributed by atoms with E-state index in [9.17, 15) is 4.79 Å². The predicted octanol–water partition coefficient (Wildman–Crippen LogP) is 1.75. The van der Waals surface area contributed by atoms with Gasteiger partial charge in [-0.1, -0.05) is 0 Å². The van der Waals surface area contributed by atoms with Gasteiger partial charge in [-0.15, -0.1) is 0 Å². The zero-order chi connectivity index (χ0) is 9.97. The maximum Gasteiger partial charge on any atom is 0.309 e. The third-order valence-electron chi connectivity index (χ3n) is 2.51. The number of esters is 1. The Bertz CT molecular complexity index is 323. The minimum absolute atomic E-state index is 0.0608. The van der Waals surface area contributed by atoms with Gasteiger partial charge in [0.2, 0.25) is 0 Å². The minimum atomic E-state index is -0.0608. The summed E-state index contributed by atoms with van der Waals surface area (Å²) in [5.74, 6) is 0.378. The molecule has 0 aliphatic heterocycles. The molecule has 1 heterocycles. The van der Waals surface area contributed by atoms with E-state index in [0.29, 0.717) is 12.5 Å². The zero-order valence-corrected chi connectivity index (χ0v) is 8.14. The maximum atomic E-state index is 11.4. The largest absolute Gasteiger partial charge is 0.466 e. The van der Waals surface area contributed by atoms with E-state index in [1.54, 1.807) is 12.4 Å². The number of rotatable bonds is 3. The Labute approximate surface area is 83.1 Å². The molecule has 2 atom stereocenters. The van der Waals surface area contributed by atoms with Crippen molar-refractivity contribution in [2.24, 2.45) is 5.92 Å². The second kappa shape index (κ2) is 3.78. The van der Waals surface area contributed by atoms with E-state index in [4.69, 9.17) is 4.74 Å². The summed E-state index contributed by atoms with van der Waals surface area (Å²) in [4.78, 5) is 15.3. The Morgan fingerprint density at radius 1 is 1.57 bits per heavy atom. The van der Waals surface area contributed by atoms with E-state index in [-0.39, 0.29) is 11.9 Å². The lowest BCUT2D eigenvalue weighted by molar-refractivity contribution is -0.144. The number of hydrogen-bond donors (Lipinski definition) is 0. The molecule has 1 aromatic rings. The molecule has 0 saturated heterocycles. The van der Waals surface area contributed by atoms with Gasteiger partial charge in [-0.05, 0) is 37.0 Å². The lowest BCUT2D eigenvalue weighted by Crippen LogP contribution is -2.07. The topological polar surface area (TPSA) is 39.2 Å². The molecule has 14 heavy (non-hydrogen) atoms. The van der Waals surface area contributed by atoms with Crippen LogP contribution >= 0.6 is 0 Å². The van der Waals surface area contributed by atoms with E-state index in [1.165, 1.54) is 5.56 Å². The average Bonchev–Trinajstić information content (AvgIpc) is 2.99. The molecular weight excluding hydrogens is 178 g/mol. The van der Waals surface area contributed by atoms with Gasteiger partial charge in [-0.2, -0.15) is 0 Å². The first kappa shape index (κ1) is 9.19. The van der Waals surface area contributed by atoms with Crippen LogP contribution in [0, 0.1) is 5.92 Å². The molecule has 0 radical (unpaired) electrons. The first-order chi connectivity index (χ1) is 6.83. The minimum Gasteiger partial charge on any atom is -0.466 e. The van der Waals surface area contributed by atoms with Crippen LogP contribution in [0.25, 0.3) is 0 Å². The van der Waals surface area contributed by atoms with Crippen LogP contribution in [0.5, 0.6) is 0 Å². The van der Waals surface area contributed by atoms with Crippen molar-refractivity contribution in [3.63, 3.8) is 0 Å². The summed E-state index contributed by atoms with van der Waals surface area (Å²) >= 11 is 0. The van der Waals surface area contributed by atoms with Gasteiger partial charge in [0.15, 0.2) is 0 Å². The summed E-state index contributed by atoms with van der Waals surface area (Å²) < 4.78 is 4.96. The number of carbonyl (C=O) groups excluding carboxylic acids is 1. The van der Waals surface area contributed by atoms with Crippen molar-refractivity contribution in [1.29, 1.82) is 0 Å². The van der Waals surface area contributed by atoms with Gasteiger partial charge in [0.05, 0.1) is 12.5 Å². The van der Waals surface area contributed by atoms with Crippen molar-refractivity contribution in [3.05, 3.63) is 30.1 Å². The fourth-order valence-electron chi connectivity index (χ4n) is 1.68. The molecular formula is C11H13NO2. The summed E-state index contributed by atoms with van der Waals surface area (Å²) in [7, 11) is 0. The van der Waals surface area contributed by atoms with E-state index >= 15 is 0 Å². The standard InChI is InChI=1S/C11H13NO2/c1-2-14-11(13)10-7-9(10)8-3-5-12-6-4-8/h3-6,9-10H,2,7H2,1H3. The molecule has 1 aliphatic carbocycles. The Kier molecular flexibility index (Phi) is 2.48. The molecule has 3 nitrogen and oxygen atoms in total. The fraction of sp³-hybridized carbons (Fsp3) is 0.455. The highest BCUT2D eigenvalue weighted by molar-refractivity contribution is 5.77. The highest BCUT2D eigenvalue weighted by atomic mass is 16.5. The van der Waals surface area contributed by atoms with Crippen molar-refractivity contribution in [2.75, 3.05) is 6.61 Å². The van der Waals surface area contributed by atoms with E-state index < -0.39 is 0 Å². The van der Waals surface area contributed by atoms with Gasteiger partial charge in [0.1, 0.15) is 0 Å². The van der Waals surface area contributed by atoms with Crippen LogP contribution in [0.4, 0.5) is 0 Å². The van der Waals surface area contributed by atoms with Crippen molar-refractivity contribution in [1.82, 2.24) is 4.98 Å². The third kappa shape index (κ3) is 1.76. The summed E-state index contributed by atoms with van der Waals surface area (Å²) in [6.45, 7) is 2.31. The van der Waals surface area contributed by atoms with Crippen molar-refractivity contribution >= 4 is 5.97 Å². The van der Waals surface area contributed by atoms with E-state index in [2.05, 4.69) is 4.98 Å². The van der Waals surface area contributed by atoms with Crippen LogP contribution in [-0.2, 0) is 9.53 Å². The molecule has 0 N–H and O–H groups in total. The molecule has 1 aromatic heterocycles. The highest BCUT2D eigenvalue weighted by Gasteiger charge is 2.44. The Balaban J connectivity index is 1.96. The monoisotopic (exact) mass is 191 g/mol. The third-order valence-corrected chi connectivity index (χ3v) is 2.51. The number of aromatic nitrogens is 1. The normalized spacial score (nSPS) is 24.4. The Hall–Kier alpha value is -1.38. The van der Waals surface area contributed by atoms with Gasteiger partial charge in [-0.3, -0.25) is 9.78 Å². The van der Waals surface area contributed by atoms with Gasteiger partial charge in [-0.25, -0.2) is 0 Å². The molecule has 1 aliphatic rings. The van der Waals surface area contributed by atoms with Gasteiger partial charge in [0.25, 0.3) is 0 Å². The molecule has 2 rings (SSSR count). The molecule has 3 heteroatoms. The second-order valence-electron chi connectivity index (χ2n) is 3.48. The van der Waals surface area contributed by atoms with Gasteiger partial charge in [0, 0.05) is 12.4 Å². The molecule has 0 spiro atoms. The quantitative estimate of drug-likeness (QED) is 0.683. The lowest BCUT2D eigenvalue weighted by atomic mass is 10.1. The zero-order valence-electron chi connectivity index (χ0n) is 8.14. The number of pyridine rings is 1. The average molecular weight is 191 g/mol. The molecule has 1 fully saturated rings. The number of ether oxygens (including phenoxy) is 1. The van der Waals surface area contributed by atoms with Crippen LogP contribution in [0.1, 0.15) is 24.8 Å². The highest BCUT2D eigenvalue weighted by Crippen LogP contribution is 2.47. The summed E-state index contributed by atoms with van der Waals surface area (Å²) in [5, 5.41) is 0. The first-order valence-electron chi connectivity index (χ1n) is 4.89. The van der Waals surface area contributed by atoms with E-state index in [1.807, 2.05) is 19.1 Å². The predicted molar refractivity (Wildman–Crippen MR) is 51.7 cm³/mol. The van der Waals surface area contributed by atoms with Gasteiger partial charge >= 0.3 is 5.97 Å². The molecule has 0 amide bonds. The van der Waals surface area contributed by atoms with Crippen LogP contribution < -0.4 is 0 Å². The van der Waals surface area contributed by atoms with Crippen LogP contribution in [0.2, 0.25) is 0 Å². The second-order valence-corrected chi connectivity index (χ2v) is 3.48. The molecule has 0 bridgehead atoms. The van der Waals surface area contributed by atoms with Gasteiger partial charge < -0.3 is 4.74 Å². The SMILES string of the molecule is CCOC(=O)C1CC1c1ccncc1. The molecule has 1 saturated carbocycles. The molecule has 74 valence electrons. The summed E-state index contributed by atoms with van der Waals surface area (Å²) in [6.07, 6.45) is 4.44. The van der Waals surface area contributed by atoms with Crippen molar-refractivity contribution < 1.29 is 9.53 Å².